The fourth-order valence-corrected chi connectivity index (χ4v) is 4.45. The zero-order valence-corrected chi connectivity index (χ0v) is 9.43. The summed E-state index contributed by atoms with van der Waals surface area (Å²) in [6.45, 7) is 0. The van der Waals surface area contributed by atoms with Crippen LogP contribution < -0.4 is 17.0 Å². The first kappa shape index (κ1) is 9.50. The number of nitrogens with two attached hydrogens (primary N) is 1. The Morgan fingerprint density at radius 3 is 2.47 bits per heavy atom. The second-order valence-electron chi connectivity index (χ2n) is 5.71. The number of fused-ring (bicyclic) bond motifs is 5. The Morgan fingerprint density at radius 1 is 1.24 bits per heavy atom. The molecule has 17 heavy (non-hydrogen) atoms. The molecule has 0 amide bonds. The summed E-state index contributed by atoms with van der Waals surface area (Å²) in [5.41, 5.74) is 5.08. The van der Waals surface area contributed by atoms with E-state index in [2.05, 4.69) is 4.98 Å². The van der Waals surface area contributed by atoms with Gasteiger partial charge in [-0.25, -0.2) is 4.79 Å². The van der Waals surface area contributed by atoms with E-state index in [0.717, 1.165) is 11.8 Å². The molecular weight excluding hydrogens is 218 g/mol. The third-order valence-corrected chi connectivity index (χ3v) is 5.00. The molecule has 3 aliphatic rings. The summed E-state index contributed by atoms with van der Waals surface area (Å²) in [6.07, 6.45) is 3.95. The van der Waals surface area contributed by atoms with Crippen molar-refractivity contribution in [2.45, 2.75) is 25.3 Å². The van der Waals surface area contributed by atoms with Gasteiger partial charge >= 0.3 is 5.69 Å². The van der Waals surface area contributed by atoms with Crippen molar-refractivity contribution in [2.75, 3.05) is 5.73 Å². The van der Waals surface area contributed by atoms with Crippen LogP contribution in [0.5, 0.6) is 0 Å². The standard InChI is InChI=1S/C12H15N3O2/c13-7-4-8(16)14-12(17)15(7)11-9-5-1-2-6(3-5)10(9)11/h4-6,9-11H,1-3,13H2,(H,14,16,17). The largest absolute Gasteiger partial charge is 0.385 e. The summed E-state index contributed by atoms with van der Waals surface area (Å²) in [5, 5.41) is 0. The molecule has 4 atom stereocenters. The Balaban J connectivity index is 1.79. The van der Waals surface area contributed by atoms with E-state index in [1.165, 1.54) is 25.3 Å². The lowest BCUT2D eigenvalue weighted by Gasteiger charge is -2.13. The highest BCUT2D eigenvalue weighted by Crippen LogP contribution is 2.71. The van der Waals surface area contributed by atoms with Crippen LogP contribution in [0, 0.1) is 23.7 Å². The van der Waals surface area contributed by atoms with E-state index in [0.29, 0.717) is 17.7 Å². The summed E-state index contributed by atoms with van der Waals surface area (Å²) < 4.78 is 1.61. The molecule has 0 saturated heterocycles. The van der Waals surface area contributed by atoms with E-state index in [4.69, 9.17) is 5.73 Å². The summed E-state index contributed by atoms with van der Waals surface area (Å²) in [6, 6.07) is 1.57. The van der Waals surface area contributed by atoms with Gasteiger partial charge in [-0.3, -0.25) is 14.3 Å². The molecular formula is C12H15N3O2. The molecule has 5 heteroatoms. The molecule has 3 saturated carbocycles. The lowest BCUT2D eigenvalue weighted by atomic mass is 10.0. The minimum Gasteiger partial charge on any atom is -0.385 e. The number of hydrogen-bond acceptors (Lipinski definition) is 3. The number of H-pyrrole nitrogens is 1. The van der Waals surface area contributed by atoms with Crippen LogP contribution in [0.1, 0.15) is 25.3 Å². The van der Waals surface area contributed by atoms with Crippen molar-refractivity contribution >= 4 is 5.82 Å². The van der Waals surface area contributed by atoms with E-state index in [-0.39, 0.29) is 11.7 Å². The molecule has 4 rings (SSSR count). The SMILES string of the molecule is Nc1cc(=O)[nH]c(=O)n1C1C2C3CCC(C3)C21. The van der Waals surface area contributed by atoms with Gasteiger partial charge < -0.3 is 5.73 Å². The molecule has 0 radical (unpaired) electrons. The van der Waals surface area contributed by atoms with Gasteiger partial charge in [0.2, 0.25) is 0 Å². The van der Waals surface area contributed by atoms with Crippen molar-refractivity contribution in [1.29, 1.82) is 0 Å². The second kappa shape index (κ2) is 2.83. The fraction of sp³-hybridized carbons (Fsp3) is 0.667. The van der Waals surface area contributed by atoms with Crippen LogP contribution in [0.3, 0.4) is 0 Å². The quantitative estimate of drug-likeness (QED) is 0.733. The van der Waals surface area contributed by atoms with Crippen molar-refractivity contribution in [3.05, 3.63) is 26.9 Å². The first-order valence-corrected chi connectivity index (χ1v) is 6.28. The van der Waals surface area contributed by atoms with E-state index >= 15 is 0 Å². The summed E-state index contributed by atoms with van der Waals surface area (Å²) in [4.78, 5) is 25.3. The number of nitrogens with zero attached hydrogens (tertiary/aromatic N) is 1. The van der Waals surface area contributed by atoms with Crippen LogP contribution in [0.25, 0.3) is 0 Å². The molecule has 0 spiro atoms. The fourth-order valence-electron chi connectivity index (χ4n) is 4.45. The van der Waals surface area contributed by atoms with E-state index < -0.39 is 5.56 Å². The normalized spacial score (nSPS) is 41.5. The molecule has 1 heterocycles. The number of aromatic amines is 1. The molecule has 4 unspecified atom stereocenters. The number of rotatable bonds is 1. The molecule has 5 nitrogen and oxygen atoms in total. The van der Waals surface area contributed by atoms with Crippen molar-refractivity contribution < 1.29 is 0 Å². The Labute approximate surface area is 97.6 Å². The number of nitrogens with one attached hydrogen (secondary N) is 1. The Bertz CT molecular complexity index is 587. The zero-order valence-electron chi connectivity index (χ0n) is 9.43. The zero-order chi connectivity index (χ0) is 11.7. The average Bonchev–Trinajstić information content (AvgIpc) is 2.67. The van der Waals surface area contributed by atoms with Crippen molar-refractivity contribution in [3.63, 3.8) is 0 Å². The molecule has 90 valence electrons. The van der Waals surface area contributed by atoms with Crippen molar-refractivity contribution in [2.24, 2.45) is 23.7 Å². The van der Waals surface area contributed by atoms with Crippen LogP contribution in [0.2, 0.25) is 0 Å². The average molecular weight is 233 g/mol. The topological polar surface area (TPSA) is 80.9 Å². The number of hydrogen-bond donors (Lipinski definition) is 2. The molecule has 1 aromatic rings. The number of anilines is 1. The molecule has 1 aromatic heterocycles. The van der Waals surface area contributed by atoms with Gasteiger partial charge in [-0.05, 0) is 42.9 Å². The van der Waals surface area contributed by atoms with Gasteiger partial charge in [0.1, 0.15) is 5.82 Å². The maximum absolute atomic E-state index is 11.8. The highest BCUT2D eigenvalue weighted by molar-refractivity contribution is 5.31. The number of nitrogen functional groups attached to an aromatic ring is 1. The van der Waals surface area contributed by atoms with Crippen LogP contribution in [-0.2, 0) is 0 Å². The molecule has 2 bridgehead atoms. The van der Waals surface area contributed by atoms with Gasteiger partial charge in [-0.1, -0.05) is 0 Å². The van der Waals surface area contributed by atoms with Crippen LogP contribution in [0.4, 0.5) is 5.82 Å². The smallest absolute Gasteiger partial charge is 0.330 e. The summed E-state index contributed by atoms with van der Waals surface area (Å²) in [5.74, 6) is 3.17. The predicted molar refractivity (Wildman–Crippen MR) is 62.6 cm³/mol. The predicted octanol–water partition coefficient (Wildman–Crippen LogP) is 0.336. The Hall–Kier alpha value is -1.52. The molecule has 3 fully saturated rings. The van der Waals surface area contributed by atoms with Gasteiger partial charge in [0.25, 0.3) is 5.56 Å². The van der Waals surface area contributed by atoms with Crippen LogP contribution in [-0.4, -0.2) is 9.55 Å². The maximum atomic E-state index is 11.8. The van der Waals surface area contributed by atoms with Crippen molar-refractivity contribution in [1.82, 2.24) is 9.55 Å². The lowest BCUT2D eigenvalue weighted by Crippen LogP contribution is -2.32. The minimum atomic E-state index is -0.405. The summed E-state index contributed by atoms with van der Waals surface area (Å²) >= 11 is 0. The summed E-state index contributed by atoms with van der Waals surface area (Å²) in [7, 11) is 0. The van der Waals surface area contributed by atoms with Gasteiger partial charge in [0.05, 0.1) is 0 Å². The maximum Gasteiger partial charge on any atom is 0.330 e. The van der Waals surface area contributed by atoms with Gasteiger partial charge in [-0.2, -0.15) is 0 Å². The van der Waals surface area contributed by atoms with E-state index in [1.54, 1.807) is 4.57 Å². The second-order valence-corrected chi connectivity index (χ2v) is 5.71. The Morgan fingerprint density at radius 2 is 1.88 bits per heavy atom. The van der Waals surface area contributed by atoms with Gasteiger partial charge in [0.15, 0.2) is 0 Å². The molecule has 0 aliphatic heterocycles. The first-order valence-electron chi connectivity index (χ1n) is 6.28. The third-order valence-electron chi connectivity index (χ3n) is 5.00. The van der Waals surface area contributed by atoms with Gasteiger partial charge in [0, 0.05) is 12.1 Å². The minimum absolute atomic E-state index is 0.255. The number of aromatic nitrogens is 2. The lowest BCUT2D eigenvalue weighted by molar-refractivity contribution is 0.446. The third kappa shape index (κ3) is 1.09. The highest BCUT2D eigenvalue weighted by Gasteiger charge is 2.66. The van der Waals surface area contributed by atoms with Gasteiger partial charge in [-0.15, -0.1) is 0 Å². The highest BCUT2D eigenvalue weighted by atomic mass is 16.2. The first-order chi connectivity index (χ1) is 8.16. The van der Waals surface area contributed by atoms with Crippen molar-refractivity contribution in [3.8, 4) is 0 Å². The molecule has 3 N–H and O–H groups in total. The Kier molecular flexibility index (Phi) is 1.58. The molecule has 3 aliphatic carbocycles. The molecule has 0 aromatic carbocycles. The van der Waals surface area contributed by atoms with Crippen LogP contribution in [0.15, 0.2) is 15.7 Å². The van der Waals surface area contributed by atoms with E-state index in [9.17, 15) is 9.59 Å². The van der Waals surface area contributed by atoms with Crippen LogP contribution >= 0.6 is 0 Å². The van der Waals surface area contributed by atoms with E-state index in [1.807, 2.05) is 0 Å². The monoisotopic (exact) mass is 233 g/mol.